The molecule has 166 valence electrons. The summed E-state index contributed by atoms with van der Waals surface area (Å²) >= 11 is 0. The van der Waals surface area contributed by atoms with Gasteiger partial charge >= 0.3 is 0 Å². The lowest BCUT2D eigenvalue weighted by Gasteiger charge is -2.23. The number of hydrogen-bond donors (Lipinski definition) is 1. The number of ether oxygens (including phenoxy) is 3. The molecule has 0 aliphatic rings. The van der Waals surface area contributed by atoms with Crippen molar-refractivity contribution in [1.29, 1.82) is 0 Å². The molecule has 2 atom stereocenters. The highest BCUT2D eigenvalue weighted by Crippen LogP contribution is 2.40. The predicted molar refractivity (Wildman–Crippen MR) is 114 cm³/mol. The number of nitrogens with zero attached hydrogens (tertiary/aromatic N) is 2. The number of benzene rings is 1. The monoisotopic (exact) mass is 419 g/mol. The van der Waals surface area contributed by atoms with E-state index in [9.17, 15) is 4.79 Å². The number of carbonyl (C=O) groups excluding carboxylic acids is 1. The average molecular weight is 420 g/mol. The van der Waals surface area contributed by atoms with E-state index in [4.69, 9.17) is 18.7 Å². The van der Waals surface area contributed by atoms with Gasteiger partial charge in [0, 0.05) is 12.0 Å². The summed E-state index contributed by atoms with van der Waals surface area (Å²) in [4.78, 5) is 17.1. The molecule has 0 radical (unpaired) electrons. The van der Waals surface area contributed by atoms with Crippen LogP contribution in [0, 0.1) is 11.3 Å². The smallest absolute Gasteiger partial charge is 0.249 e. The minimum atomic E-state index is -0.367. The van der Waals surface area contributed by atoms with Gasteiger partial charge < -0.3 is 24.1 Å². The highest BCUT2D eigenvalue weighted by atomic mass is 16.5. The highest BCUT2D eigenvalue weighted by Gasteiger charge is 2.28. The lowest BCUT2D eigenvalue weighted by atomic mass is 9.91. The van der Waals surface area contributed by atoms with E-state index in [0.29, 0.717) is 40.9 Å². The first-order valence-electron chi connectivity index (χ1n) is 10.1. The molecular formula is C22H33N3O5. The molecule has 0 bridgehead atoms. The SMILES string of the molecule is CC[C@@H](C)[C@H](NC(=O)CC(C)(C)C)c1nc(-c2cc(OC)c(OC)c(OC)c2)no1. The summed E-state index contributed by atoms with van der Waals surface area (Å²) in [6.07, 6.45) is 1.26. The molecule has 0 saturated heterocycles. The van der Waals surface area contributed by atoms with Crippen LogP contribution in [-0.4, -0.2) is 37.4 Å². The van der Waals surface area contributed by atoms with Gasteiger partial charge in [0.2, 0.25) is 23.4 Å². The number of hydrogen-bond acceptors (Lipinski definition) is 7. The molecule has 0 saturated carbocycles. The Morgan fingerprint density at radius 3 is 2.20 bits per heavy atom. The van der Waals surface area contributed by atoms with Crippen LogP contribution in [0.2, 0.25) is 0 Å². The number of methoxy groups -OCH3 is 3. The van der Waals surface area contributed by atoms with Crippen molar-refractivity contribution in [1.82, 2.24) is 15.5 Å². The van der Waals surface area contributed by atoms with E-state index in [1.807, 2.05) is 27.7 Å². The lowest BCUT2D eigenvalue weighted by Crippen LogP contribution is -2.34. The van der Waals surface area contributed by atoms with Gasteiger partial charge in [0.05, 0.1) is 21.3 Å². The van der Waals surface area contributed by atoms with Gasteiger partial charge in [-0.1, -0.05) is 46.2 Å². The molecule has 8 nitrogen and oxygen atoms in total. The second kappa shape index (κ2) is 9.82. The van der Waals surface area contributed by atoms with Crippen LogP contribution >= 0.6 is 0 Å². The van der Waals surface area contributed by atoms with Crippen molar-refractivity contribution in [3.63, 3.8) is 0 Å². The van der Waals surface area contributed by atoms with E-state index in [0.717, 1.165) is 6.42 Å². The zero-order valence-corrected chi connectivity index (χ0v) is 19.2. The van der Waals surface area contributed by atoms with E-state index in [-0.39, 0.29) is 23.3 Å². The topological polar surface area (TPSA) is 95.7 Å². The third kappa shape index (κ3) is 5.64. The number of carbonyl (C=O) groups is 1. The molecule has 8 heteroatoms. The Bertz CT molecular complexity index is 832. The molecule has 1 N–H and O–H groups in total. The number of nitrogens with one attached hydrogen (secondary N) is 1. The molecular weight excluding hydrogens is 386 g/mol. The summed E-state index contributed by atoms with van der Waals surface area (Å²) in [7, 11) is 4.64. The molecule has 1 aromatic heterocycles. The summed E-state index contributed by atoms with van der Waals surface area (Å²) in [5.74, 6) is 2.31. The fourth-order valence-electron chi connectivity index (χ4n) is 3.08. The normalized spacial score (nSPS) is 13.5. The Hall–Kier alpha value is -2.77. The van der Waals surface area contributed by atoms with Crippen LogP contribution in [0.3, 0.4) is 0 Å². The van der Waals surface area contributed by atoms with E-state index >= 15 is 0 Å². The van der Waals surface area contributed by atoms with Crippen molar-refractivity contribution in [2.45, 2.75) is 53.5 Å². The lowest BCUT2D eigenvalue weighted by molar-refractivity contribution is -0.124. The number of aromatic nitrogens is 2. The van der Waals surface area contributed by atoms with Gasteiger partial charge in [-0.25, -0.2) is 0 Å². The summed E-state index contributed by atoms with van der Waals surface area (Å²) in [6, 6.07) is 3.15. The molecule has 0 unspecified atom stereocenters. The van der Waals surface area contributed by atoms with Crippen molar-refractivity contribution in [3.8, 4) is 28.6 Å². The van der Waals surface area contributed by atoms with Crippen molar-refractivity contribution >= 4 is 5.91 Å². The molecule has 1 amide bonds. The molecule has 30 heavy (non-hydrogen) atoms. The Balaban J connectivity index is 2.37. The molecule has 0 aliphatic heterocycles. The molecule has 0 fully saturated rings. The quantitative estimate of drug-likeness (QED) is 0.643. The van der Waals surface area contributed by atoms with Crippen molar-refractivity contribution in [2.24, 2.45) is 11.3 Å². The van der Waals surface area contributed by atoms with E-state index in [1.54, 1.807) is 33.5 Å². The molecule has 0 spiro atoms. The first kappa shape index (κ1) is 23.5. The average Bonchev–Trinajstić information content (AvgIpc) is 3.18. The third-order valence-corrected chi connectivity index (χ3v) is 4.85. The van der Waals surface area contributed by atoms with Gasteiger partial charge in [0.15, 0.2) is 11.5 Å². The number of amides is 1. The van der Waals surface area contributed by atoms with Crippen LogP contribution in [0.1, 0.15) is 59.4 Å². The predicted octanol–water partition coefficient (Wildman–Crippen LogP) is 4.40. The first-order chi connectivity index (χ1) is 14.1. The Morgan fingerprint density at radius 1 is 1.13 bits per heavy atom. The van der Waals surface area contributed by atoms with Crippen LogP contribution in [0.4, 0.5) is 0 Å². The second-order valence-corrected chi connectivity index (χ2v) is 8.54. The largest absolute Gasteiger partial charge is 0.493 e. The zero-order valence-electron chi connectivity index (χ0n) is 19.2. The van der Waals surface area contributed by atoms with Crippen LogP contribution < -0.4 is 19.5 Å². The van der Waals surface area contributed by atoms with Gasteiger partial charge in [-0.2, -0.15) is 4.98 Å². The maximum atomic E-state index is 12.5. The van der Waals surface area contributed by atoms with Gasteiger partial charge in [0.1, 0.15) is 6.04 Å². The second-order valence-electron chi connectivity index (χ2n) is 8.54. The van der Waals surface area contributed by atoms with E-state index < -0.39 is 0 Å². The molecule has 1 aromatic carbocycles. The zero-order chi connectivity index (χ0) is 22.5. The Labute approximate surface area is 178 Å². The summed E-state index contributed by atoms with van der Waals surface area (Å²) in [6.45, 7) is 10.2. The van der Waals surface area contributed by atoms with Crippen molar-refractivity contribution < 1.29 is 23.5 Å². The highest BCUT2D eigenvalue weighted by molar-refractivity contribution is 5.77. The van der Waals surface area contributed by atoms with Gasteiger partial charge in [-0.05, 0) is 23.5 Å². The van der Waals surface area contributed by atoms with E-state index in [2.05, 4.69) is 22.4 Å². The van der Waals surface area contributed by atoms with Crippen LogP contribution in [0.25, 0.3) is 11.4 Å². The van der Waals surface area contributed by atoms with Gasteiger partial charge in [-0.3, -0.25) is 4.79 Å². The summed E-state index contributed by atoms with van der Waals surface area (Å²) in [5, 5.41) is 7.19. The minimum absolute atomic E-state index is 0.0414. The first-order valence-corrected chi connectivity index (χ1v) is 10.1. The summed E-state index contributed by atoms with van der Waals surface area (Å²) < 4.78 is 21.7. The minimum Gasteiger partial charge on any atom is -0.493 e. The van der Waals surface area contributed by atoms with Crippen LogP contribution in [0.15, 0.2) is 16.7 Å². The third-order valence-electron chi connectivity index (χ3n) is 4.85. The molecule has 2 aromatic rings. The molecule has 0 aliphatic carbocycles. The van der Waals surface area contributed by atoms with Crippen LogP contribution in [0.5, 0.6) is 17.2 Å². The Kier molecular flexibility index (Phi) is 7.70. The maximum absolute atomic E-state index is 12.5. The van der Waals surface area contributed by atoms with Gasteiger partial charge in [0.25, 0.3) is 0 Å². The Morgan fingerprint density at radius 2 is 1.73 bits per heavy atom. The number of rotatable bonds is 9. The van der Waals surface area contributed by atoms with Gasteiger partial charge in [-0.15, -0.1) is 0 Å². The van der Waals surface area contributed by atoms with Crippen LogP contribution in [-0.2, 0) is 4.79 Å². The van der Waals surface area contributed by atoms with Crippen molar-refractivity contribution in [3.05, 3.63) is 18.0 Å². The fourth-order valence-corrected chi connectivity index (χ4v) is 3.08. The molecule has 2 rings (SSSR count). The maximum Gasteiger partial charge on any atom is 0.249 e. The van der Waals surface area contributed by atoms with E-state index in [1.165, 1.54) is 0 Å². The van der Waals surface area contributed by atoms with Crippen molar-refractivity contribution in [2.75, 3.05) is 21.3 Å². The molecule has 1 heterocycles. The standard InChI is InChI=1S/C22H33N3O5/c1-9-13(2)18(23-17(26)12-22(3,4)5)21-24-20(25-30-21)14-10-15(27-6)19(29-8)16(11-14)28-7/h10-11,13,18H,9,12H2,1-8H3,(H,23,26)/t13-,18+/m1/s1. The fraction of sp³-hybridized carbons (Fsp3) is 0.591. The summed E-state index contributed by atoms with van der Waals surface area (Å²) in [5.41, 5.74) is 0.545.